The molecule has 12 heteroatoms. The highest BCUT2D eigenvalue weighted by molar-refractivity contribution is 7.92. The Morgan fingerprint density at radius 1 is 1.12 bits per heavy atom. The highest BCUT2D eigenvalue weighted by Crippen LogP contribution is 2.42. The maximum atomic E-state index is 13.9. The summed E-state index contributed by atoms with van der Waals surface area (Å²) in [5, 5.41) is 8.01. The topological polar surface area (TPSA) is 104 Å². The second kappa shape index (κ2) is 8.89. The first-order valence-electron chi connectivity index (χ1n) is 10.1. The summed E-state index contributed by atoms with van der Waals surface area (Å²) in [7, 11) is -3.22. The molecule has 2 fully saturated rings. The maximum absolute atomic E-state index is 13.9. The largest absolute Gasteiger partial charge is 0.481 e. The zero-order valence-corrected chi connectivity index (χ0v) is 18.4. The van der Waals surface area contributed by atoms with E-state index in [0.29, 0.717) is 26.2 Å². The minimum absolute atomic E-state index is 0.118. The minimum Gasteiger partial charge on any atom is -0.481 e. The molecule has 1 aliphatic carbocycles. The van der Waals surface area contributed by atoms with Gasteiger partial charge in [0.1, 0.15) is 0 Å². The van der Waals surface area contributed by atoms with E-state index in [1.807, 2.05) is 0 Å². The third-order valence-corrected chi connectivity index (χ3v) is 8.42. The molecule has 1 aromatic carbocycles. The van der Waals surface area contributed by atoms with E-state index in [4.69, 9.17) is 4.74 Å². The number of anilines is 1. The summed E-state index contributed by atoms with van der Waals surface area (Å²) >= 11 is 0. The van der Waals surface area contributed by atoms with E-state index in [2.05, 4.69) is 0 Å². The number of nitrogens with zero attached hydrogens (tertiary/aromatic N) is 2. The highest BCUT2D eigenvalue weighted by atomic mass is 32.2. The van der Waals surface area contributed by atoms with E-state index in [1.165, 1.54) is 20.1 Å². The van der Waals surface area contributed by atoms with Gasteiger partial charge in [-0.05, 0) is 31.0 Å². The molecule has 3 rings (SSSR count). The maximum Gasteiger partial charge on any atom is 0.417 e. The van der Waals surface area contributed by atoms with Crippen LogP contribution in [0, 0.1) is 5.92 Å². The fourth-order valence-electron chi connectivity index (χ4n) is 4.37. The van der Waals surface area contributed by atoms with Crippen LogP contribution < -0.4 is 4.90 Å². The molecule has 0 bridgehead atoms. The second-order valence-electron chi connectivity index (χ2n) is 8.03. The third-order valence-electron chi connectivity index (χ3n) is 6.18. The number of ether oxygens (including phenoxy) is 1. The zero-order chi connectivity index (χ0) is 23.8. The number of halogens is 3. The van der Waals surface area contributed by atoms with Crippen LogP contribution in [-0.4, -0.2) is 74.9 Å². The number of carbonyl (C=O) groups excluding carboxylic acids is 1. The minimum atomic E-state index is -4.93. The van der Waals surface area contributed by atoms with E-state index < -0.39 is 49.7 Å². The quantitative estimate of drug-likeness (QED) is 0.691. The van der Waals surface area contributed by atoms with Crippen molar-refractivity contribution in [1.82, 2.24) is 4.90 Å². The summed E-state index contributed by atoms with van der Waals surface area (Å²) in [6.07, 6.45) is -6.33. The zero-order valence-electron chi connectivity index (χ0n) is 17.6. The van der Waals surface area contributed by atoms with Crippen LogP contribution in [0.5, 0.6) is 0 Å². The SMILES string of the molecule is CO[C@H]1C[C@@H](S(=O)(=O)c2ccc(N3CCN(C(C)=O)CC3)cc2C(F)(F)F)C[C@@H]1C(=O)O. The number of alkyl halides is 3. The van der Waals surface area contributed by atoms with Crippen molar-refractivity contribution in [3.8, 4) is 0 Å². The normalized spacial score (nSPS) is 24.6. The molecule has 0 aromatic heterocycles. The predicted octanol–water partition coefficient (Wildman–Crippen LogP) is 2.03. The first-order chi connectivity index (χ1) is 14.9. The number of sulfone groups is 1. The summed E-state index contributed by atoms with van der Waals surface area (Å²) < 4.78 is 72.9. The van der Waals surface area contributed by atoms with Gasteiger partial charge in [0.2, 0.25) is 5.91 Å². The molecule has 0 radical (unpaired) electrons. The molecule has 0 unspecified atom stereocenters. The van der Waals surface area contributed by atoms with Gasteiger partial charge in [0.25, 0.3) is 0 Å². The number of aliphatic carboxylic acids is 1. The van der Waals surface area contributed by atoms with Gasteiger partial charge in [0, 0.05) is 45.9 Å². The lowest BCUT2D eigenvalue weighted by molar-refractivity contribution is -0.145. The van der Waals surface area contributed by atoms with E-state index >= 15 is 0 Å². The molecule has 1 amide bonds. The van der Waals surface area contributed by atoms with Crippen molar-refractivity contribution in [3.63, 3.8) is 0 Å². The molecule has 0 spiro atoms. The van der Waals surface area contributed by atoms with Gasteiger partial charge in [-0.3, -0.25) is 9.59 Å². The molecular formula is C20H25F3N2O6S. The number of carboxylic acids is 1. The average Bonchev–Trinajstić information content (AvgIpc) is 3.18. The van der Waals surface area contributed by atoms with Gasteiger partial charge in [-0.15, -0.1) is 0 Å². The Kier molecular flexibility index (Phi) is 6.75. The van der Waals surface area contributed by atoms with Crippen molar-refractivity contribution in [2.24, 2.45) is 5.92 Å². The summed E-state index contributed by atoms with van der Waals surface area (Å²) in [6, 6.07) is 3.08. The molecule has 1 heterocycles. The van der Waals surface area contributed by atoms with Crippen molar-refractivity contribution in [1.29, 1.82) is 0 Å². The second-order valence-corrected chi connectivity index (χ2v) is 10.2. The van der Waals surface area contributed by atoms with Crippen molar-refractivity contribution in [2.45, 2.75) is 42.2 Å². The van der Waals surface area contributed by atoms with E-state index in [1.54, 1.807) is 9.80 Å². The number of benzene rings is 1. The van der Waals surface area contributed by atoms with E-state index in [0.717, 1.165) is 12.1 Å². The van der Waals surface area contributed by atoms with Crippen LogP contribution in [0.2, 0.25) is 0 Å². The third kappa shape index (κ3) is 4.70. The van der Waals surface area contributed by atoms with Gasteiger partial charge in [-0.2, -0.15) is 13.2 Å². The molecular weight excluding hydrogens is 453 g/mol. The van der Waals surface area contributed by atoms with Crippen LogP contribution in [0.3, 0.4) is 0 Å². The molecule has 1 N–H and O–H groups in total. The van der Waals surface area contributed by atoms with Crippen molar-refractivity contribution in [2.75, 3.05) is 38.2 Å². The monoisotopic (exact) mass is 478 g/mol. The molecule has 1 saturated carbocycles. The number of methoxy groups -OCH3 is 1. The summed E-state index contributed by atoms with van der Waals surface area (Å²) in [5.74, 6) is -2.47. The summed E-state index contributed by atoms with van der Waals surface area (Å²) in [5.41, 5.74) is -1.07. The van der Waals surface area contributed by atoms with Crippen molar-refractivity contribution >= 4 is 27.4 Å². The Bertz CT molecular complexity index is 990. The Balaban J connectivity index is 1.93. The van der Waals surface area contributed by atoms with Gasteiger partial charge < -0.3 is 19.6 Å². The standard InChI is InChI=1S/C20H25F3N2O6S/c1-12(26)24-5-7-25(8-6-24)13-3-4-18(16(9-13)20(21,22)23)32(29,30)14-10-15(19(27)28)17(11-14)31-2/h3-4,9,14-15,17H,5-8,10-11H2,1-2H3,(H,27,28)/t14-,15-,17-/m0/s1. The lowest BCUT2D eigenvalue weighted by Crippen LogP contribution is -2.48. The molecule has 1 aromatic rings. The number of hydrogen-bond donors (Lipinski definition) is 1. The number of carboxylic acid groups (broad SMARTS) is 1. The lowest BCUT2D eigenvalue weighted by Gasteiger charge is -2.36. The number of carbonyl (C=O) groups is 2. The predicted molar refractivity (Wildman–Crippen MR) is 108 cm³/mol. The Labute approximate surface area is 183 Å². The Morgan fingerprint density at radius 3 is 2.22 bits per heavy atom. The number of piperazine rings is 1. The van der Waals surface area contributed by atoms with E-state index in [-0.39, 0.29) is 24.4 Å². The molecule has 178 valence electrons. The van der Waals surface area contributed by atoms with Gasteiger partial charge in [0.05, 0.1) is 27.7 Å². The summed E-state index contributed by atoms with van der Waals surface area (Å²) in [4.78, 5) is 25.3. The lowest BCUT2D eigenvalue weighted by atomic mass is 10.1. The Morgan fingerprint density at radius 2 is 1.75 bits per heavy atom. The van der Waals surface area contributed by atoms with E-state index in [9.17, 15) is 36.3 Å². The van der Waals surface area contributed by atoms with Gasteiger partial charge in [0.15, 0.2) is 9.84 Å². The summed E-state index contributed by atoms with van der Waals surface area (Å²) in [6.45, 7) is 2.77. The molecule has 1 saturated heterocycles. The molecule has 32 heavy (non-hydrogen) atoms. The van der Waals surface area contributed by atoms with Crippen LogP contribution in [0.1, 0.15) is 25.3 Å². The fourth-order valence-corrected chi connectivity index (χ4v) is 6.37. The Hall–Kier alpha value is -2.34. The van der Waals surface area contributed by atoms with Gasteiger partial charge in [-0.1, -0.05) is 0 Å². The number of rotatable bonds is 5. The first-order valence-corrected chi connectivity index (χ1v) is 11.6. The molecule has 3 atom stereocenters. The van der Waals surface area contributed by atoms with Crippen molar-refractivity contribution in [3.05, 3.63) is 23.8 Å². The van der Waals surface area contributed by atoms with Crippen molar-refractivity contribution < 1.29 is 41.0 Å². The molecule has 1 aliphatic heterocycles. The van der Waals surface area contributed by atoms with Crippen LogP contribution >= 0.6 is 0 Å². The van der Waals surface area contributed by atoms with Crippen LogP contribution in [0.25, 0.3) is 0 Å². The highest BCUT2D eigenvalue weighted by Gasteiger charge is 2.47. The van der Waals surface area contributed by atoms with Crippen LogP contribution in [0.4, 0.5) is 18.9 Å². The van der Waals surface area contributed by atoms with Gasteiger partial charge >= 0.3 is 12.1 Å². The first kappa shape index (κ1) is 24.3. The molecule has 2 aliphatic rings. The smallest absolute Gasteiger partial charge is 0.417 e. The van der Waals surface area contributed by atoms with Crippen LogP contribution in [0.15, 0.2) is 23.1 Å². The number of amides is 1. The fraction of sp³-hybridized carbons (Fsp3) is 0.600. The van der Waals surface area contributed by atoms with Gasteiger partial charge in [-0.25, -0.2) is 8.42 Å². The average molecular weight is 478 g/mol. The molecule has 8 nitrogen and oxygen atoms in total. The number of hydrogen-bond acceptors (Lipinski definition) is 6. The van der Waals surface area contributed by atoms with Crippen LogP contribution in [-0.2, 0) is 30.3 Å².